The molecule has 2 heterocycles. The molecule has 0 fully saturated rings. The van der Waals surface area contributed by atoms with Crippen molar-refractivity contribution in [1.29, 1.82) is 10.5 Å². The Morgan fingerprint density at radius 2 is 1.78 bits per heavy atom. The van der Waals surface area contributed by atoms with Crippen LogP contribution in [0, 0.1) is 28.5 Å². The fraction of sp³-hybridized carbons (Fsp3) is 0.154. The van der Waals surface area contributed by atoms with Gasteiger partial charge in [-0.25, -0.2) is 14.4 Å². The maximum Gasteiger partial charge on any atom is 0.226 e. The van der Waals surface area contributed by atoms with Crippen molar-refractivity contribution in [1.82, 2.24) is 9.97 Å². The standard InChI is InChI=1S/C26H18Cl2FN5O2S/c27-20-6-5-16(8-21(20)28)25-33-17(12-36-25)13-37-26-19(11-31)23(18(10-30)24(32)34-26)15-4-3-14(2-1-7-35)22(29)9-15/h3-6,8-9,12,35H,1-2,7,13H2,(H2,32,34). The minimum Gasteiger partial charge on any atom is -0.444 e. The molecule has 2 aromatic carbocycles. The summed E-state index contributed by atoms with van der Waals surface area (Å²) in [6.07, 6.45) is 2.26. The van der Waals surface area contributed by atoms with Crippen LogP contribution in [0.2, 0.25) is 10.0 Å². The van der Waals surface area contributed by atoms with Crippen molar-refractivity contribution in [3.63, 3.8) is 0 Å². The molecule has 0 radical (unpaired) electrons. The normalized spacial score (nSPS) is 10.8. The van der Waals surface area contributed by atoms with E-state index in [1.54, 1.807) is 30.3 Å². The average molecular weight is 554 g/mol. The summed E-state index contributed by atoms with van der Waals surface area (Å²) >= 11 is 13.2. The van der Waals surface area contributed by atoms with E-state index in [-0.39, 0.29) is 39.9 Å². The Labute approximate surface area is 226 Å². The van der Waals surface area contributed by atoms with Crippen molar-refractivity contribution in [3.8, 4) is 34.7 Å². The third kappa shape index (κ3) is 5.71. The Bertz CT molecular complexity index is 1560. The second-order valence-corrected chi connectivity index (χ2v) is 9.62. The predicted octanol–water partition coefficient (Wildman–Crippen LogP) is 6.39. The van der Waals surface area contributed by atoms with E-state index in [0.29, 0.717) is 51.2 Å². The van der Waals surface area contributed by atoms with Gasteiger partial charge in [-0.1, -0.05) is 47.1 Å². The largest absolute Gasteiger partial charge is 0.444 e. The highest BCUT2D eigenvalue weighted by atomic mass is 35.5. The van der Waals surface area contributed by atoms with Crippen molar-refractivity contribution >= 4 is 40.8 Å². The zero-order valence-electron chi connectivity index (χ0n) is 19.1. The molecule has 4 aromatic rings. The summed E-state index contributed by atoms with van der Waals surface area (Å²) in [6, 6.07) is 13.6. The van der Waals surface area contributed by atoms with E-state index in [2.05, 4.69) is 16.0 Å². The van der Waals surface area contributed by atoms with E-state index in [1.165, 1.54) is 24.1 Å². The SMILES string of the molecule is N#Cc1c(N)nc(SCc2coc(-c3ccc(Cl)c(Cl)c3)n2)c(C#N)c1-c1ccc(CCCO)c(F)c1. The highest BCUT2D eigenvalue weighted by Crippen LogP contribution is 2.37. The first-order valence-electron chi connectivity index (χ1n) is 10.9. The molecule has 0 aliphatic carbocycles. The molecular formula is C26H18Cl2FN5O2S. The average Bonchev–Trinajstić information content (AvgIpc) is 3.37. The monoisotopic (exact) mass is 553 g/mol. The van der Waals surface area contributed by atoms with Crippen LogP contribution < -0.4 is 5.73 Å². The molecule has 0 atom stereocenters. The smallest absolute Gasteiger partial charge is 0.226 e. The molecule has 0 saturated carbocycles. The van der Waals surface area contributed by atoms with Gasteiger partial charge in [-0.3, -0.25) is 0 Å². The number of nitrogens with zero attached hydrogens (tertiary/aromatic N) is 4. The van der Waals surface area contributed by atoms with Crippen molar-refractivity contribution < 1.29 is 13.9 Å². The fourth-order valence-corrected chi connectivity index (χ4v) is 4.81. The minimum absolute atomic E-state index is 0.00764. The molecule has 0 spiro atoms. The first kappa shape index (κ1) is 26.5. The van der Waals surface area contributed by atoms with Gasteiger partial charge in [0.2, 0.25) is 5.89 Å². The lowest BCUT2D eigenvalue weighted by molar-refractivity contribution is 0.288. The first-order valence-corrected chi connectivity index (χ1v) is 12.7. The summed E-state index contributed by atoms with van der Waals surface area (Å²) in [5.74, 6) is 0.0618. The summed E-state index contributed by atoms with van der Waals surface area (Å²) in [5, 5.41) is 29.8. The van der Waals surface area contributed by atoms with Crippen LogP contribution in [0.5, 0.6) is 0 Å². The zero-order valence-corrected chi connectivity index (χ0v) is 21.5. The number of benzene rings is 2. The minimum atomic E-state index is -0.499. The second-order valence-electron chi connectivity index (χ2n) is 7.85. The molecule has 0 unspecified atom stereocenters. The van der Waals surface area contributed by atoms with E-state index in [4.69, 9.17) is 38.5 Å². The molecule has 0 bridgehead atoms. The summed E-state index contributed by atoms with van der Waals surface area (Å²) in [7, 11) is 0. The van der Waals surface area contributed by atoms with E-state index >= 15 is 0 Å². The topological polar surface area (TPSA) is 133 Å². The van der Waals surface area contributed by atoms with Crippen LogP contribution in [-0.4, -0.2) is 21.7 Å². The van der Waals surface area contributed by atoms with Crippen LogP contribution >= 0.6 is 35.0 Å². The van der Waals surface area contributed by atoms with Gasteiger partial charge in [-0.2, -0.15) is 10.5 Å². The lowest BCUT2D eigenvalue weighted by atomic mass is 9.95. The number of rotatable bonds is 8. The molecule has 186 valence electrons. The van der Waals surface area contributed by atoms with Crippen LogP contribution in [0.15, 0.2) is 52.1 Å². The third-order valence-corrected chi connectivity index (χ3v) is 7.18. The number of anilines is 1. The number of hydrogen-bond donors (Lipinski definition) is 2. The van der Waals surface area contributed by atoms with Gasteiger partial charge < -0.3 is 15.3 Å². The number of oxazole rings is 1. The molecular weight excluding hydrogens is 536 g/mol. The van der Waals surface area contributed by atoms with Crippen LogP contribution in [0.1, 0.15) is 28.8 Å². The number of aliphatic hydroxyl groups excluding tert-OH is 1. The van der Waals surface area contributed by atoms with Crippen molar-refractivity contribution in [2.75, 3.05) is 12.3 Å². The van der Waals surface area contributed by atoms with E-state index in [9.17, 15) is 14.9 Å². The summed E-state index contributed by atoms with van der Waals surface area (Å²) < 4.78 is 20.3. The lowest BCUT2D eigenvalue weighted by Gasteiger charge is -2.13. The Balaban J connectivity index is 1.66. The van der Waals surface area contributed by atoms with Crippen LogP contribution in [0.3, 0.4) is 0 Å². The van der Waals surface area contributed by atoms with Crippen molar-refractivity contribution in [3.05, 3.63) is 80.9 Å². The Kier molecular flexibility index (Phi) is 8.32. The number of nitriles is 2. The van der Waals surface area contributed by atoms with Gasteiger partial charge in [0, 0.05) is 23.5 Å². The molecule has 0 saturated heterocycles. The van der Waals surface area contributed by atoms with E-state index in [1.807, 2.05) is 6.07 Å². The Morgan fingerprint density at radius 1 is 1.03 bits per heavy atom. The molecule has 7 nitrogen and oxygen atoms in total. The number of halogens is 3. The zero-order chi connectivity index (χ0) is 26.5. The van der Waals surface area contributed by atoms with Gasteiger partial charge in [0.15, 0.2) is 0 Å². The fourth-order valence-electron chi connectivity index (χ4n) is 3.64. The summed E-state index contributed by atoms with van der Waals surface area (Å²) in [5.41, 5.74) is 8.35. The molecule has 0 amide bonds. The number of aromatic nitrogens is 2. The lowest BCUT2D eigenvalue weighted by Crippen LogP contribution is -2.04. The van der Waals surface area contributed by atoms with Crippen molar-refractivity contribution in [2.45, 2.75) is 23.6 Å². The summed E-state index contributed by atoms with van der Waals surface area (Å²) in [6.45, 7) is -0.0553. The molecule has 0 aliphatic rings. The quantitative estimate of drug-likeness (QED) is 0.239. The highest BCUT2D eigenvalue weighted by Gasteiger charge is 2.22. The summed E-state index contributed by atoms with van der Waals surface area (Å²) in [4.78, 5) is 8.72. The van der Waals surface area contributed by atoms with Crippen LogP contribution in [0.4, 0.5) is 10.2 Å². The number of nitrogen functional groups attached to an aromatic ring is 1. The maximum absolute atomic E-state index is 14.8. The molecule has 2 aromatic heterocycles. The van der Waals surface area contributed by atoms with Crippen LogP contribution in [-0.2, 0) is 12.2 Å². The number of thioether (sulfide) groups is 1. The molecule has 3 N–H and O–H groups in total. The maximum atomic E-state index is 14.8. The molecule has 11 heteroatoms. The third-order valence-electron chi connectivity index (χ3n) is 5.44. The number of pyridine rings is 1. The number of aryl methyl sites for hydroxylation is 1. The molecule has 0 aliphatic heterocycles. The van der Waals surface area contributed by atoms with Gasteiger partial charge in [0.05, 0.1) is 21.3 Å². The van der Waals surface area contributed by atoms with Gasteiger partial charge in [0.1, 0.15) is 40.6 Å². The van der Waals surface area contributed by atoms with E-state index in [0.717, 1.165) is 0 Å². The molecule has 37 heavy (non-hydrogen) atoms. The Morgan fingerprint density at radius 3 is 2.46 bits per heavy atom. The number of aliphatic hydroxyl groups is 1. The predicted molar refractivity (Wildman–Crippen MR) is 140 cm³/mol. The van der Waals surface area contributed by atoms with E-state index < -0.39 is 5.82 Å². The van der Waals surface area contributed by atoms with Crippen LogP contribution in [0.25, 0.3) is 22.6 Å². The van der Waals surface area contributed by atoms with Gasteiger partial charge in [0.25, 0.3) is 0 Å². The Hall–Kier alpha value is -3.60. The van der Waals surface area contributed by atoms with Gasteiger partial charge >= 0.3 is 0 Å². The first-order chi connectivity index (χ1) is 17.9. The molecule has 4 rings (SSSR count). The number of nitrogens with two attached hydrogens (primary N) is 1. The van der Waals surface area contributed by atoms with Gasteiger partial charge in [-0.05, 0) is 48.2 Å². The van der Waals surface area contributed by atoms with Gasteiger partial charge in [-0.15, -0.1) is 0 Å². The highest BCUT2D eigenvalue weighted by molar-refractivity contribution is 7.98. The second kappa shape index (κ2) is 11.6. The van der Waals surface area contributed by atoms with Crippen molar-refractivity contribution in [2.24, 2.45) is 0 Å². The number of hydrogen-bond acceptors (Lipinski definition) is 8.